The Morgan fingerprint density at radius 3 is 2.48 bits per heavy atom. The molecule has 0 spiro atoms. The first-order valence-corrected chi connectivity index (χ1v) is 7.38. The third-order valence-electron chi connectivity index (χ3n) is 3.50. The molecule has 4 nitrogen and oxygen atoms in total. The number of hydrogen-bond acceptors (Lipinski definition) is 3. The summed E-state index contributed by atoms with van der Waals surface area (Å²) >= 11 is 0. The van der Waals surface area contributed by atoms with E-state index < -0.39 is 5.97 Å². The molecular formula is C17H24N2O2. The predicted molar refractivity (Wildman–Crippen MR) is 84.2 cm³/mol. The molecule has 0 unspecified atom stereocenters. The lowest BCUT2D eigenvalue weighted by Crippen LogP contribution is -2.27. The van der Waals surface area contributed by atoms with Crippen LogP contribution in [0.1, 0.15) is 39.5 Å². The van der Waals surface area contributed by atoms with Crippen molar-refractivity contribution in [1.82, 2.24) is 0 Å². The highest BCUT2D eigenvalue weighted by atomic mass is 16.4. The first kappa shape index (κ1) is 17.0. The van der Waals surface area contributed by atoms with Gasteiger partial charge in [-0.1, -0.05) is 24.6 Å². The van der Waals surface area contributed by atoms with E-state index in [0.717, 1.165) is 31.5 Å². The lowest BCUT2D eigenvalue weighted by Gasteiger charge is -2.25. The van der Waals surface area contributed by atoms with E-state index in [9.17, 15) is 4.79 Å². The summed E-state index contributed by atoms with van der Waals surface area (Å²) in [4.78, 5) is 12.9. The summed E-state index contributed by atoms with van der Waals surface area (Å²) in [6, 6.07) is 12.2. The monoisotopic (exact) mass is 288 g/mol. The molecule has 0 aliphatic carbocycles. The van der Waals surface area contributed by atoms with Gasteiger partial charge in [0.2, 0.25) is 0 Å². The van der Waals surface area contributed by atoms with Gasteiger partial charge in [-0.2, -0.15) is 5.26 Å². The maximum absolute atomic E-state index is 10.8. The normalized spacial score (nSPS) is 10.9. The average molecular weight is 288 g/mol. The van der Waals surface area contributed by atoms with Gasteiger partial charge in [0.1, 0.15) is 0 Å². The van der Waals surface area contributed by atoms with Crippen molar-refractivity contribution in [3.8, 4) is 6.07 Å². The zero-order chi connectivity index (χ0) is 15.7. The number of aliphatic carboxylic acids is 1. The number of rotatable bonds is 9. The molecule has 0 fully saturated rings. The van der Waals surface area contributed by atoms with Crippen LogP contribution in [0.25, 0.3) is 0 Å². The van der Waals surface area contributed by atoms with Gasteiger partial charge in [0.05, 0.1) is 17.9 Å². The zero-order valence-corrected chi connectivity index (χ0v) is 12.9. The van der Waals surface area contributed by atoms with Crippen molar-refractivity contribution in [2.45, 2.75) is 39.5 Å². The molecule has 0 atom stereocenters. The second kappa shape index (κ2) is 8.31. The van der Waals surface area contributed by atoms with Crippen LogP contribution < -0.4 is 4.90 Å². The van der Waals surface area contributed by atoms with E-state index in [-0.39, 0.29) is 11.8 Å². The molecule has 1 N–H and O–H groups in total. The number of unbranched alkanes of at least 4 members (excludes halogenated alkanes) is 1. The van der Waals surface area contributed by atoms with Crippen LogP contribution in [0.5, 0.6) is 0 Å². The summed E-state index contributed by atoms with van der Waals surface area (Å²) in [5.74, 6) is -0.776. The quantitative estimate of drug-likeness (QED) is 0.704. The van der Waals surface area contributed by atoms with E-state index in [0.29, 0.717) is 6.54 Å². The second-order valence-corrected chi connectivity index (χ2v) is 5.92. The van der Waals surface area contributed by atoms with Crippen molar-refractivity contribution in [3.63, 3.8) is 0 Å². The van der Waals surface area contributed by atoms with Gasteiger partial charge in [-0.05, 0) is 38.8 Å². The highest BCUT2D eigenvalue weighted by molar-refractivity contribution is 5.67. The molecule has 0 aliphatic rings. The SMILES string of the molecule is CC(C)(C#N)CCCCN(CCC(=O)O)c1ccccc1. The van der Waals surface area contributed by atoms with Crippen molar-refractivity contribution in [3.05, 3.63) is 30.3 Å². The molecule has 4 heteroatoms. The molecule has 0 amide bonds. The Labute approximate surface area is 127 Å². The van der Waals surface area contributed by atoms with Crippen LogP contribution in [-0.4, -0.2) is 24.2 Å². The Morgan fingerprint density at radius 2 is 1.90 bits per heavy atom. The predicted octanol–water partition coefficient (Wildman–Crippen LogP) is 3.69. The van der Waals surface area contributed by atoms with Gasteiger partial charge >= 0.3 is 5.97 Å². The maximum atomic E-state index is 10.8. The fourth-order valence-electron chi connectivity index (χ4n) is 2.16. The topological polar surface area (TPSA) is 64.3 Å². The van der Waals surface area contributed by atoms with Crippen molar-refractivity contribution in [2.75, 3.05) is 18.0 Å². The molecule has 0 saturated heterocycles. The summed E-state index contributed by atoms with van der Waals surface area (Å²) in [6.07, 6.45) is 2.93. The molecule has 0 aromatic heterocycles. The molecule has 0 bridgehead atoms. The Hall–Kier alpha value is -2.02. The van der Waals surface area contributed by atoms with Crippen LogP contribution in [-0.2, 0) is 4.79 Å². The Balaban J connectivity index is 2.50. The van der Waals surface area contributed by atoms with Crippen LogP contribution in [0.15, 0.2) is 30.3 Å². The van der Waals surface area contributed by atoms with E-state index in [4.69, 9.17) is 10.4 Å². The lowest BCUT2D eigenvalue weighted by molar-refractivity contribution is -0.136. The maximum Gasteiger partial charge on any atom is 0.305 e. The van der Waals surface area contributed by atoms with Crippen molar-refractivity contribution in [1.29, 1.82) is 5.26 Å². The number of nitrogens with zero attached hydrogens (tertiary/aromatic N) is 2. The highest BCUT2D eigenvalue weighted by Crippen LogP contribution is 2.22. The van der Waals surface area contributed by atoms with Crippen molar-refractivity contribution >= 4 is 11.7 Å². The Morgan fingerprint density at radius 1 is 1.24 bits per heavy atom. The number of benzene rings is 1. The van der Waals surface area contributed by atoms with Crippen LogP contribution in [0.3, 0.4) is 0 Å². The van der Waals surface area contributed by atoms with E-state index in [1.807, 2.05) is 44.2 Å². The van der Waals surface area contributed by atoms with Gasteiger partial charge in [-0.15, -0.1) is 0 Å². The van der Waals surface area contributed by atoms with Crippen LogP contribution in [0.2, 0.25) is 0 Å². The number of anilines is 1. The minimum absolute atomic E-state index is 0.137. The summed E-state index contributed by atoms with van der Waals surface area (Å²) < 4.78 is 0. The van der Waals surface area contributed by atoms with E-state index >= 15 is 0 Å². The Kier molecular flexibility index (Phi) is 6.74. The largest absolute Gasteiger partial charge is 0.481 e. The number of carbonyl (C=O) groups is 1. The molecular weight excluding hydrogens is 264 g/mol. The molecule has 1 aromatic carbocycles. The van der Waals surface area contributed by atoms with Crippen LogP contribution >= 0.6 is 0 Å². The number of carboxylic acid groups (broad SMARTS) is 1. The fraction of sp³-hybridized carbons (Fsp3) is 0.529. The van der Waals surface area contributed by atoms with E-state index in [1.165, 1.54) is 0 Å². The molecule has 114 valence electrons. The molecule has 0 aliphatic heterocycles. The second-order valence-electron chi connectivity index (χ2n) is 5.92. The van der Waals surface area contributed by atoms with Gasteiger partial charge in [0.25, 0.3) is 0 Å². The Bertz CT molecular complexity index is 477. The third-order valence-corrected chi connectivity index (χ3v) is 3.50. The van der Waals surface area contributed by atoms with Gasteiger partial charge in [-0.3, -0.25) is 4.79 Å². The minimum atomic E-state index is -0.776. The highest BCUT2D eigenvalue weighted by Gasteiger charge is 2.16. The summed E-state index contributed by atoms with van der Waals surface area (Å²) in [5.41, 5.74) is 0.775. The number of carboxylic acids is 1. The number of para-hydroxylation sites is 1. The molecule has 0 heterocycles. The molecule has 0 radical (unpaired) electrons. The minimum Gasteiger partial charge on any atom is -0.481 e. The van der Waals surface area contributed by atoms with Crippen molar-refractivity contribution < 1.29 is 9.90 Å². The summed E-state index contributed by atoms with van der Waals surface area (Å²) in [7, 11) is 0. The van der Waals surface area contributed by atoms with Gasteiger partial charge in [0, 0.05) is 18.8 Å². The number of hydrogen-bond donors (Lipinski definition) is 1. The molecule has 0 saturated carbocycles. The first-order valence-electron chi connectivity index (χ1n) is 7.38. The standard InChI is InChI=1S/C17H24N2O2/c1-17(2,14-18)11-6-7-12-19(13-10-16(20)21)15-8-4-3-5-9-15/h3-5,8-9H,6-7,10-13H2,1-2H3,(H,20,21). The third kappa shape index (κ3) is 6.80. The number of nitriles is 1. The van der Waals surface area contributed by atoms with Crippen LogP contribution in [0.4, 0.5) is 5.69 Å². The van der Waals surface area contributed by atoms with Gasteiger partial charge in [0.15, 0.2) is 0 Å². The lowest BCUT2D eigenvalue weighted by atomic mass is 9.89. The van der Waals surface area contributed by atoms with Crippen molar-refractivity contribution in [2.24, 2.45) is 5.41 Å². The van der Waals surface area contributed by atoms with Crippen LogP contribution in [0, 0.1) is 16.7 Å². The summed E-state index contributed by atoms with van der Waals surface area (Å²) in [5, 5.41) is 17.9. The zero-order valence-electron chi connectivity index (χ0n) is 12.9. The smallest absolute Gasteiger partial charge is 0.305 e. The first-order chi connectivity index (χ1) is 9.94. The van der Waals surface area contributed by atoms with Gasteiger partial charge < -0.3 is 10.0 Å². The van der Waals surface area contributed by atoms with E-state index in [2.05, 4.69) is 11.0 Å². The molecule has 21 heavy (non-hydrogen) atoms. The fourth-order valence-corrected chi connectivity index (χ4v) is 2.16. The van der Waals surface area contributed by atoms with Gasteiger partial charge in [-0.25, -0.2) is 0 Å². The average Bonchev–Trinajstić information content (AvgIpc) is 2.47. The van der Waals surface area contributed by atoms with E-state index in [1.54, 1.807) is 0 Å². The molecule has 1 aromatic rings. The summed E-state index contributed by atoms with van der Waals surface area (Å²) in [6.45, 7) is 5.23. The molecule has 1 rings (SSSR count).